The molecule has 174 valence electrons. The van der Waals surface area contributed by atoms with Gasteiger partial charge in [-0.05, 0) is 49.2 Å². The zero-order valence-corrected chi connectivity index (χ0v) is 19.5. The Balaban J connectivity index is 1.56. The van der Waals surface area contributed by atoms with Crippen molar-refractivity contribution in [1.82, 2.24) is 4.72 Å². The van der Waals surface area contributed by atoms with Gasteiger partial charge in [-0.15, -0.1) is 0 Å². The molecule has 0 atom stereocenters. The molecule has 4 rings (SSSR count). The first-order valence-electron chi connectivity index (χ1n) is 10.6. The van der Waals surface area contributed by atoms with E-state index in [2.05, 4.69) is 4.72 Å². The van der Waals surface area contributed by atoms with Crippen molar-refractivity contribution < 1.29 is 22.4 Å². The number of ether oxygens (including phenoxy) is 1. The highest BCUT2D eigenvalue weighted by molar-refractivity contribution is 7.89. The molecule has 0 bridgehead atoms. The Bertz CT molecular complexity index is 1510. The Morgan fingerprint density at radius 2 is 1.65 bits per heavy atom. The molecule has 0 fully saturated rings. The van der Waals surface area contributed by atoms with Crippen LogP contribution in [0.2, 0.25) is 0 Å². The number of aryl methyl sites for hydroxylation is 2. The van der Waals surface area contributed by atoms with Crippen LogP contribution in [0, 0.1) is 13.8 Å². The molecule has 0 radical (unpaired) electrons. The molecule has 0 saturated carbocycles. The number of carbonyl (C=O) groups is 1. The van der Waals surface area contributed by atoms with E-state index in [4.69, 9.17) is 9.15 Å². The van der Waals surface area contributed by atoms with Gasteiger partial charge in [-0.1, -0.05) is 48.0 Å². The largest absolute Gasteiger partial charge is 0.426 e. The monoisotopic (exact) mass is 477 g/mol. The number of esters is 1. The normalized spacial score (nSPS) is 11.5. The van der Waals surface area contributed by atoms with Crippen LogP contribution in [0.5, 0.6) is 5.75 Å². The van der Waals surface area contributed by atoms with Crippen molar-refractivity contribution in [2.75, 3.05) is 6.54 Å². The highest BCUT2D eigenvalue weighted by Crippen LogP contribution is 2.35. The van der Waals surface area contributed by atoms with E-state index in [1.54, 1.807) is 31.2 Å². The summed E-state index contributed by atoms with van der Waals surface area (Å²) in [6.45, 7) is 3.53. The number of fused-ring (bicyclic) bond motifs is 1. The number of sulfonamides is 1. The smallest absolute Gasteiger partial charge is 0.336 e. The fourth-order valence-electron chi connectivity index (χ4n) is 3.58. The van der Waals surface area contributed by atoms with E-state index in [0.29, 0.717) is 16.5 Å². The maximum atomic E-state index is 12.6. The summed E-state index contributed by atoms with van der Waals surface area (Å²) >= 11 is 0. The number of hydrogen-bond acceptors (Lipinski definition) is 6. The summed E-state index contributed by atoms with van der Waals surface area (Å²) in [5.41, 5.74) is 2.82. The summed E-state index contributed by atoms with van der Waals surface area (Å²) < 4.78 is 38.3. The van der Waals surface area contributed by atoms with E-state index in [1.807, 2.05) is 37.3 Å². The van der Waals surface area contributed by atoms with Gasteiger partial charge in [-0.2, -0.15) is 0 Å². The lowest BCUT2D eigenvalue weighted by atomic mass is 10.0. The third-order valence-electron chi connectivity index (χ3n) is 5.21. The van der Waals surface area contributed by atoms with Gasteiger partial charge in [0.1, 0.15) is 11.3 Å². The van der Waals surface area contributed by atoms with Gasteiger partial charge < -0.3 is 9.15 Å². The minimum atomic E-state index is -3.74. The number of benzene rings is 3. The first-order valence-corrected chi connectivity index (χ1v) is 12.1. The molecule has 0 saturated heterocycles. The van der Waals surface area contributed by atoms with E-state index in [9.17, 15) is 18.0 Å². The molecule has 1 aromatic heterocycles. The predicted octanol–water partition coefficient (Wildman–Crippen LogP) is 4.35. The first kappa shape index (κ1) is 23.4. The van der Waals surface area contributed by atoms with Gasteiger partial charge in [-0.25, -0.2) is 17.9 Å². The molecule has 7 nitrogen and oxygen atoms in total. The summed E-state index contributed by atoms with van der Waals surface area (Å²) in [4.78, 5) is 24.9. The van der Waals surface area contributed by atoms with Gasteiger partial charge in [0.25, 0.3) is 0 Å². The second-order valence-electron chi connectivity index (χ2n) is 7.92. The molecule has 0 spiro atoms. The van der Waals surface area contributed by atoms with Crippen molar-refractivity contribution in [1.29, 1.82) is 0 Å². The third-order valence-corrected chi connectivity index (χ3v) is 6.69. The van der Waals surface area contributed by atoms with Crippen LogP contribution in [-0.4, -0.2) is 20.9 Å². The van der Waals surface area contributed by atoms with Gasteiger partial charge in [0.2, 0.25) is 10.0 Å². The molecule has 8 heteroatoms. The Morgan fingerprint density at radius 1 is 0.941 bits per heavy atom. The zero-order chi connectivity index (χ0) is 24.3. The van der Waals surface area contributed by atoms with E-state index in [-0.39, 0.29) is 23.6 Å². The molecule has 0 aliphatic rings. The molecule has 0 aliphatic heterocycles. The maximum Gasteiger partial charge on any atom is 0.336 e. The summed E-state index contributed by atoms with van der Waals surface area (Å²) in [6.07, 6.45) is -0.183. The third kappa shape index (κ3) is 5.24. The molecular formula is C26H23NO6S. The van der Waals surface area contributed by atoms with Crippen LogP contribution >= 0.6 is 0 Å². The fraction of sp³-hybridized carbons (Fsp3) is 0.154. The number of carbonyl (C=O) groups excluding carboxylic acids is 1. The average molecular weight is 478 g/mol. The molecule has 0 amide bonds. The van der Waals surface area contributed by atoms with E-state index < -0.39 is 21.6 Å². The number of nitrogens with one attached hydrogen (secondary N) is 1. The number of rotatable bonds is 7. The Labute approximate surface area is 197 Å². The Kier molecular flexibility index (Phi) is 6.63. The lowest BCUT2D eigenvalue weighted by Gasteiger charge is -2.13. The SMILES string of the molecule is Cc1ccc(S(=O)(=O)NCCC(=O)Oc2cc(C)cc3oc(=O)cc(-c4ccccc4)c23)cc1. The van der Waals surface area contributed by atoms with E-state index in [1.165, 1.54) is 18.2 Å². The quantitative estimate of drug-likeness (QED) is 0.241. The highest BCUT2D eigenvalue weighted by atomic mass is 32.2. The van der Waals surface area contributed by atoms with Crippen molar-refractivity contribution in [3.05, 3.63) is 94.3 Å². The molecular weight excluding hydrogens is 454 g/mol. The second kappa shape index (κ2) is 9.62. The van der Waals surface area contributed by atoms with Crippen LogP contribution in [-0.2, 0) is 14.8 Å². The molecule has 0 aliphatic carbocycles. The van der Waals surface area contributed by atoms with Gasteiger partial charge in [0.05, 0.1) is 16.7 Å². The maximum absolute atomic E-state index is 12.6. The fourth-order valence-corrected chi connectivity index (χ4v) is 4.61. The Morgan fingerprint density at radius 3 is 2.35 bits per heavy atom. The highest BCUT2D eigenvalue weighted by Gasteiger charge is 2.18. The van der Waals surface area contributed by atoms with Gasteiger partial charge in [0.15, 0.2) is 0 Å². The topological polar surface area (TPSA) is 103 Å². The van der Waals surface area contributed by atoms with Crippen molar-refractivity contribution in [3.8, 4) is 16.9 Å². The van der Waals surface area contributed by atoms with Gasteiger partial charge in [0, 0.05) is 18.2 Å². The van der Waals surface area contributed by atoms with E-state index >= 15 is 0 Å². The molecule has 1 N–H and O–H groups in total. The van der Waals surface area contributed by atoms with Gasteiger partial charge in [-0.3, -0.25) is 4.79 Å². The standard InChI is InChI=1S/C26H23NO6S/c1-17-8-10-20(11-9-17)34(30,31)27-13-12-24(28)32-22-14-18(2)15-23-26(22)21(16-25(29)33-23)19-6-4-3-5-7-19/h3-11,14-16,27H,12-13H2,1-2H3. The minimum Gasteiger partial charge on any atom is -0.426 e. The zero-order valence-electron chi connectivity index (χ0n) is 18.7. The summed E-state index contributed by atoms with van der Waals surface area (Å²) in [5, 5.41) is 0.491. The molecule has 0 unspecified atom stereocenters. The number of hydrogen-bond donors (Lipinski definition) is 1. The lowest BCUT2D eigenvalue weighted by molar-refractivity contribution is -0.134. The van der Waals surface area contributed by atoms with Crippen molar-refractivity contribution >= 4 is 27.0 Å². The molecule has 4 aromatic rings. The summed E-state index contributed by atoms with van der Waals surface area (Å²) in [5.74, 6) is -0.382. The lowest BCUT2D eigenvalue weighted by Crippen LogP contribution is -2.27. The van der Waals surface area contributed by atoms with Crippen LogP contribution in [0.1, 0.15) is 17.5 Å². The molecule has 3 aromatic carbocycles. The van der Waals surface area contributed by atoms with Crippen molar-refractivity contribution in [3.63, 3.8) is 0 Å². The first-order chi connectivity index (χ1) is 16.2. The predicted molar refractivity (Wildman–Crippen MR) is 129 cm³/mol. The summed E-state index contributed by atoms with van der Waals surface area (Å²) in [7, 11) is -3.74. The van der Waals surface area contributed by atoms with E-state index in [0.717, 1.165) is 16.7 Å². The van der Waals surface area contributed by atoms with Crippen LogP contribution in [0.25, 0.3) is 22.1 Å². The van der Waals surface area contributed by atoms with Crippen molar-refractivity contribution in [2.45, 2.75) is 25.2 Å². The van der Waals surface area contributed by atoms with Crippen LogP contribution in [0.3, 0.4) is 0 Å². The van der Waals surface area contributed by atoms with Gasteiger partial charge >= 0.3 is 11.6 Å². The van der Waals surface area contributed by atoms with Crippen LogP contribution in [0.15, 0.2) is 86.9 Å². The van der Waals surface area contributed by atoms with Crippen LogP contribution in [0.4, 0.5) is 0 Å². The Hall–Kier alpha value is -3.75. The minimum absolute atomic E-state index is 0.124. The second-order valence-corrected chi connectivity index (χ2v) is 9.68. The average Bonchev–Trinajstić information content (AvgIpc) is 2.79. The molecule has 1 heterocycles. The van der Waals surface area contributed by atoms with Crippen molar-refractivity contribution in [2.24, 2.45) is 0 Å². The molecule has 34 heavy (non-hydrogen) atoms. The van der Waals surface area contributed by atoms with Crippen LogP contribution < -0.4 is 15.1 Å². The summed E-state index contributed by atoms with van der Waals surface area (Å²) in [6, 6.07) is 20.4.